The summed E-state index contributed by atoms with van der Waals surface area (Å²) >= 11 is 1.56. The highest BCUT2D eigenvalue weighted by Crippen LogP contribution is 2.32. The molecule has 1 aromatic carbocycles. The molecule has 3 N–H and O–H groups in total. The number of aryl methyl sites for hydroxylation is 2. The van der Waals surface area contributed by atoms with E-state index < -0.39 is 0 Å². The van der Waals surface area contributed by atoms with Crippen molar-refractivity contribution in [2.24, 2.45) is 5.84 Å². The minimum absolute atomic E-state index is 0.691. The summed E-state index contributed by atoms with van der Waals surface area (Å²) in [4.78, 5) is 4.38. The van der Waals surface area contributed by atoms with Crippen LogP contribution in [0.5, 0.6) is 5.75 Å². The molecule has 0 saturated heterocycles. The zero-order valence-corrected chi connectivity index (χ0v) is 10.9. The highest BCUT2D eigenvalue weighted by Gasteiger charge is 2.09. The molecule has 2 rings (SSSR count). The maximum atomic E-state index is 5.34. The van der Waals surface area contributed by atoms with Crippen LogP contribution in [0.3, 0.4) is 0 Å². The molecular weight excluding hydrogens is 234 g/mol. The van der Waals surface area contributed by atoms with Crippen molar-refractivity contribution in [3.05, 3.63) is 28.6 Å². The van der Waals surface area contributed by atoms with E-state index in [9.17, 15) is 0 Å². The number of hydrogen-bond donors (Lipinski definition) is 2. The molecule has 2 aromatic rings. The lowest BCUT2D eigenvalue weighted by atomic mass is 10.1. The Labute approximate surface area is 104 Å². The van der Waals surface area contributed by atoms with Crippen molar-refractivity contribution >= 4 is 17.2 Å². The molecule has 0 spiro atoms. The number of rotatable bonds is 3. The predicted molar refractivity (Wildman–Crippen MR) is 71.4 cm³/mol. The highest BCUT2D eigenvalue weighted by molar-refractivity contribution is 7.13. The largest absolute Gasteiger partial charge is 0.496 e. The fourth-order valence-electron chi connectivity index (χ4n) is 1.87. The van der Waals surface area contributed by atoms with Crippen molar-refractivity contribution in [1.82, 2.24) is 4.98 Å². The number of nitrogen functional groups attached to an aromatic ring is 1. The lowest BCUT2D eigenvalue weighted by Crippen LogP contribution is -2.06. The van der Waals surface area contributed by atoms with Gasteiger partial charge in [-0.2, -0.15) is 0 Å². The van der Waals surface area contributed by atoms with E-state index in [1.54, 1.807) is 18.4 Å². The number of aromatic nitrogens is 1. The molecular formula is C12H15N3OS. The Morgan fingerprint density at radius 1 is 1.29 bits per heavy atom. The third-order valence-electron chi connectivity index (χ3n) is 2.56. The van der Waals surface area contributed by atoms with Crippen molar-refractivity contribution in [3.63, 3.8) is 0 Å². The van der Waals surface area contributed by atoms with Crippen molar-refractivity contribution in [2.45, 2.75) is 13.8 Å². The van der Waals surface area contributed by atoms with Gasteiger partial charge in [0, 0.05) is 10.9 Å². The summed E-state index contributed by atoms with van der Waals surface area (Å²) in [6.07, 6.45) is 0. The molecule has 0 saturated carbocycles. The molecule has 17 heavy (non-hydrogen) atoms. The van der Waals surface area contributed by atoms with Gasteiger partial charge in [-0.1, -0.05) is 0 Å². The summed E-state index contributed by atoms with van der Waals surface area (Å²) in [5.74, 6) is 6.94. The van der Waals surface area contributed by atoms with Crippen LogP contribution in [0.1, 0.15) is 11.1 Å². The van der Waals surface area contributed by atoms with E-state index in [2.05, 4.69) is 22.5 Å². The van der Waals surface area contributed by atoms with Gasteiger partial charge in [-0.05, 0) is 37.1 Å². The van der Waals surface area contributed by atoms with Crippen LogP contribution in [-0.2, 0) is 0 Å². The van der Waals surface area contributed by atoms with Gasteiger partial charge >= 0.3 is 0 Å². The second kappa shape index (κ2) is 4.73. The van der Waals surface area contributed by atoms with E-state index >= 15 is 0 Å². The number of nitrogens with two attached hydrogens (primary N) is 1. The molecule has 0 atom stereocenters. The van der Waals surface area contributed by atoms with Crippen LogP contribution in [0.4, 0.5) is 5.82 Å². The summed E-state index contributed by atoms with van der Waals surface area (Å²) in [7, 11) is 1.69. The normalized spacial score (nSPS) is 10.4. The van der Waals surface area contributed by atoms with E-state index in [1.807, 2.05) is 19.2 Å². The summed E-state index contributed by atoms with van der Waals surface area (Å²) < 4.78 is 5.34. The van der Waals surface area contributed by atoms with Crippen LogP contribution in [0.2, 0.25) is 0 Å². The topological polar surface area (TPSA) is 60.2 Å². The van der Waals surface area contributed by atoms with Gasteiger partial charge in [-0.3, -0.25) is 0 Å². The Hall–Kier alpha value is -1.59. The van der Waals surface area contributed by atoms with Crippen LogP contribution in [0.25, 0.3) is 10.6 Å². The third kappa shape index (κ3) is 2.25. The fourth-order valence-corrected chi connectivity index (χ4v) is 2.62. The second-order valence-corrected chi connectivity index (χ2v) is 4.68. The van der Waals surface area contributed by atoms with Crippen molar-refractivity contribution in [2.75, 3.05) is 12.5 Å². The Bertz CT molecular complexity index is 513. The maximum absolute atomic E-state index is 5.34. The standard InChI is InChI=1S/C12H15N3OS/c1-7-4-9(5-8(2)11(7)16-3)12-14-10(15-13)6-17-12/h4-6,15H,13H2,1-3H3. The van der Waals surface area contributed by atoms with E-state index in [0.717, 1.165) is 27.4 Å². The average Bonchev–Trinajstić information content (AvgIpc) is 2.77. The van der Waals surface area contributed by atoms with Crippen LogP contribution in [0, 0.1) is 13.8 Å². The van der Waals surface area contributed by atoms with Gasteiger partial charge in [0.25, 0.3) is 0 Å². The first kappa shape index (κ1) is 11.9. The first-order valence-electron chi connectivity index (χ1n) is 5.23. The fraction of sp³-hybridized carbons (Fsp3) is 0.250. The molecule has 0 amide bonds. The van der Waals surface area contributed by atoms with E-state index in [-0.39, 0.29) is 0 Å². The van der Waals surface area contributed by atoms with Gasteiger partial charge in [-0.15, -0.1) is 11.3 Å². The average molecular weight is 249 g/mol. The van der Waals surface area contributed by atoms with Crippen LogP contribution in [-0.4, -0.2) is 12.1 Å². The number of benzene rings is 1. The number of ether oxygens (including phenoxy) is 1. The Morgan fingerprint density at radius 3 is 2.41 bits per heavy atom. The van der Waals surface area contributed by atoms with Crippen molar-refractivity contribution in [1.29, 1.82) is 0 Å². The molecule has 0 aliphatic heterocycles. The van der Waals surface area contributed by atoms with Crippen molar-refractivity contribution < 1.29 is 4.74 Å². The third-order valence-corrected chi connectivity index (χ3v) is 3.45. The highest BCUT2D eigenvalue weighted by atomic mass is 32.1. The molecule has 0 aliphatic carbocycles. The number of anilines is 1. The van der Waals surface area contributed by atoms with Gasteiger partial charge in [0.15, 0.2) is 5.82 Å². The number of hydrogen-bond acceptors (Lipinski definition) is 5. The van der Waals surface area contributed by atoms with E-state index in [0.29, 0.717) is 5.82 Å². The van der Waals surface area contributed by atoms with Crippen LogP contribution >= 0.6 is 11.3 Å². The van der Waals surface area contributed by atoms with E-state index in [1.165, 1.54) is 0 Å². The number of nitrogens with one attached hydrogen (secondary N) is 1. The van der Waals surface area contributed by atoms with Crippen molar-refractivity contribution in [3.8, 4) is 16.3 Å². The lowest BCUT2D eigenvalue weighted by molar-refractivity contribution is 0.408. The summed E-state index contributed by atoms with van der Waals surface area (Å²) in [5.41, 5.74) is 5.86. The van der Waals surface area contributed by atoms with Crippen LogP contribution < -0.4 is 16.0 Å². The van der Waals surface area contributed by atoms with Gasteiger partial charge in [-0.25, -0.2) is 10.8 Å². The number of hydrazine groups is 1. The quantitative estimate of drug-likeness (QED) is 0.648. The first-order valence-corrected chi connectivity index (χ1v) is 6.11. The summed E-state index contributed by atoms with van der Waals surface area (Å²) in [6, 6.07) is 4.15. The monoisotopic (exact) mass is 249 g/mol. The van der Waals surface area contributed by atoms with E-state index in [4.69, 9.17) is 10.6 Å². The zero-order valence-electron chi connectivity index (χ0n) is 10.1. The zero-order chi connectivity index (χ0) is 12.4. The van der Waals surface area contributed by atoms with Gasteiger partial charge in [0.1, 0.15) is 10.8 Å². The molecule has 0 fully saturated rings. The predicted octanol–water partition coefficient (Wildman–Crippen LogP) is 2.72. The van der Waals surface area contributed by atoms with Crippen LogP contribution in [0.15, 0.2) is 17.5 Å². The molecule has 5 heteroatoms. The Morgan fingerprint density at radius 2 is 1.94 bits per heavy atom. The summed E-state index contributed by atoms with van der Waals surface area (Å²) in [5, 5.41) is 2.84. The number of thiazole rings is 1. The van der Waals surface area contributed by atoms with Gasteiger partial charge in [0.2, 0.25) is 0 Å². The van der Waals surface area contributed by atoms with Gasteiger partial charge in [0.05, 0.1) is 7.11 Å². The van der Waals surface area contributed by atoms with Gasteiger partial charge < -0.3 is 10.2 Å². The Balaban J connectivity index is 2.46. The molecule has 0 aliphatic rings. The smallest absolute Gasteiger partial charge is 0.151 e. The molecule has 0 radical (unpaired) electrons. The summed E-state index contributed by atoms with van der Waals surface area (Å²) in [6.45, 7) is 4.07. The SMILES string of the molecule is COc1c(C)cc(-c2nc(NN)cs2)cc1C. The minimum atomic E-state index is 0.691. The second-order valence-electron chi connectivity index (χ2n) is 3.83. The number of methoxy groups -OCH3 is 1. The Kier molecular flexibility index (Phi) is 3.31. The molecule has 0 unspecified atom stereocenters. The molecule has 90 valence electrons. The minimum Gasteiger partial charge on any atom is -0.496 e. The molecule has 1 aromatic heterocycles. The number of nitrogens with zero attached hydrogens (tertiary/aromatic N) is 1. The maximum Gasteiger partial charge on any atom is 0.151 e. The lowest BCUT2D eigenvalue weighted by Gasteiger charge is -2.09. The molecule has 4 nitrogen and oxygen atoms in total. The molecule has 1 heterocycles. The molecule has 0 bridgehead atoms. The first-order chi connectivity index (χ1) is 8.15.